The van der Waals surface area contributed by atoms with Crippen LogP contribution in [0.2, 0.25) is 0 Å². The van der Waals surface area contributed by atoms with Crippen LogP contribution in [0.25, 0.3) is 10.9 Å². The zero-order valence-electron chi connectivity index (χ0n) is 17.1. The van der Waals surface area contributed by atoms with Crippen molar-refractivity contribution in [2.45, 2.75) is 38.6 Å². The highest BCUT2D eigenvalue weighted by Gasteiger charge is 2.17. The minimum atomic E-state index is -0.139. The van der Waals surface area contributed by atoms with Gasteiger partial charge in [0.2, 0.25) is 5.91 Å². The van der Waals surface area contributed by atoms with Crippen molar-refractivity contribution in [2.24, 2.45) is 0 Å². The summed E-state index contributed by atoms with van der Waals surface area (Å²) in [5.41, 5.74) is 1.62. The van der Waals surface area contributed by atoms with Gasteiger partial charge in [-0.15, -0.1) is 0 Å². The number of carbonyl (C=O) groups excluding carboxylic acids is 1. The third-order valence-corrected chi connectivity index (χ3v) is 5.23. The first-order chi connectivity index (χ1) is 14.0. The molecule has 152 valence electrons. The first-order valence-electron chi connectivity index (χ1n) is 9.85. The number of para-hydroxylation sites is 2. The molecule has 0 aliphatic heterocycles. The van der Waals surface area contributed by atoms with Crippen molar-refractivity contribution in [1.82, 2.24) is 14.9 Å². The number of rotatable bonds is 8. The fraction of sp³-hybridized carbons (Fsp3) is 0.348. The molecule has 0 radical (unpaired) electrons. The van der Waals surface area contributed by atoms with E-state index in [1.54, 1.807) is 18.1 Å². The number of nitrogens with one attached hydrogen (secondary N) is 1. The number of methoxy groups -OCH3 is 1. The number of H-pyrrole nitrogens is 1. The molecular weight excluding hydrogens is 366 g/mol. The molecular formula is C23H27N3O3. The summed E-state index contributed by atoms with van der Waals surface area (Å²) in [6.07, 6.45) is 2.32. The van der Waals surface area contributed by atoms with Crippen molar-refractivity contribution < 1.29 is 9.53 Å². The smallest absolute Gasteiger partial charge is 0.258 e. The van der Waals surface area contributed by atoms with Crippen LogP contribution in [0, 0.1) is 0 Å². The van der Waals surface area contributed by atoms with Gasteiger partial charge in [0.05, 0.1) is 18.0 Å². The first kappa shape index (κ1) is 20.6. The zero-order chi connectivity index (χ0) is 20.8. The zero-order valence-corrected chi connectivity index (χ0v) is 17.1. The average molecular weight is 393 g/mol. The van der Waals surface area contributed by atoms with Gasteiger partial charge in [0.15, 0.2) is 0 Å². The maximum Gasteiger partial charge on any atom is 0.258 e. The fourth-order valence-electron chi connectivity index (χ4n) is 3.41. The normalized spacial score (nSPS) is 12.0. The predicted octanol–water partition coefficient (Wildman–Crippen LogP) is 3.34. The van der Waals surface area contributed by atoms with E-state index < -0.39 is 0 Å². The maximum atomic E-state index is 12.6. The molecule has 0 unspecified atom stereocenters. The molecule has 0 spiro atoms. The molecule has 0 bridgehead atoms. The average Bonchev–Trinajstić information content (AvgIpc) is 2.73. The Kier molecular flexibility index (Phi) is 6.65. The van der Waals surface area contributed by atoms with Crippen LogP contribution in [0.5, 0.6) is 5.75 Å². The third-order valence-electron chi connectivity index (χ3n) is 5.23. The molecule has 0 aliphatic rings. The number of aromatic nitrogens is 2. The lowest BCUT2D eigenvalue weighted by atomic mass is 10.0. The van der Waals surface area contributed by atoms with E-state index in [9.17, 15) is 9.59 Å². The number of nitrogens with zero attached hydrogens (tertiary/aromatic N) is 2. The van der Waals surface area contributed by atoms with E-state index in [1.807, 2.05) is 56.4 Å². The van der Waals surface area contributed by atoms with Crippen LogP contribution in [0.3, 0.4) is 0 Å². The van der Waals surface area contributed by atoms with Gasteiger partial charge in [-0.2, -0.15) is 0 Å². The van der Waals surface area contributed by atoms with Gasteiger partial charge in [0.1, 0.15) is 11.6 Å². The number of hydrogen-bond donors (Lipinski definition) is 1. The SMILES string of the molecule is COc1ccccc1C[C@H](C)N(C)C(=O)CCCc1nc2ccccc2c(=O)[nH]1. The molecule has 3 aromatic rings. The van der Waals surface area contributed by atoms with Crippen molar-refractivity contribution in [1.29, 1.82) is 0 Å². The quantitative estimate of drug-likeness (QED) is 0.637. The standard InChI is InChI=1S/C23H27N3O3/c1-16(15-17-9-4-7-12-20(17)29-3)26(2)22(27)14-8-13-21-24-19-11-6-5-10-18(19)23(28)25-21/h4-7,9-12,16H,8,13-15H2,1-3H3,(H,24,25,28)/t16-/m0/s1. The van der Waals surface area contributed by atoms with Crippen LogP contribution in [0.15, 0.2) is 53.3 Å². The first-order valence-corrected chi connectivity index (χ1v) is 9.85. The molecule has 1 heterocycles. The summed E-state index contributed by atoms with van der Waals surface area (Å²) < 4.78 is 5.40. The van der Waals surface area contributed by atoms with Gasteiger partial charge in [0.25, 0.3) is 5.56 Å². The maximum absolute atomic E-state index is 12.6. The van der Waals surface area contributed by atoms with Crippen molar-refractivity contribution in [3.8, 4) is 5.75 Å². The van der Waals surface area contributed by atoms with Crippen LogP contribution < -0.4 is 10.3 Å². The second-order valence-corrected chi connectivity index (χ2v) is 7.25. The lowest BCUT2D eigenvalue weighted by molar-refractivity contribution is -0.131. The summed E-state index contributed by atoms with van der Waals surface area (Å²) in [6.45, 7) is 2.03. The monoisotopic (exact) mass is 393 g/mol. The highest BCUT2D eigenvalue weighted by Crippen LogP contribution is 2.20. The molecule has 0 aliphatic carbocycles. The van der Waals surface area contributed by atoms with Gasteiger partial charge in [0, 0.05) is 25.9 Å². The van der Waals surface area contributed by atoms with Gasteiger partial charge in [-0.05, 0) is 43.5 Å². The predicted molar refractivity (Wildman–Crippen MR) is 114 cm³/mol. The molecule has 6 nitrogen and oxygen atoms in total. The molecule has 1 N–H and O–H groups in total. The van der Waals surface area contributed by atoms with Gasteiger partial charge in [-0.1, -0.05) is 30.3 Å². The molecule has 3 rings (SSSR count). The van der Waals surface area contributed by atoms with E-state index in [4.69, 9.17) is 4.74 Å². The Morgan fingerprint density at radius 1 is 1.17 bits per heavy atom. The molecule has 0 fully saturated rings. The number of ether oxygens (including phenoxy) is 1. The minimum absolute atomic E-state index is 0.0531. The second kappa shape index (κ2) is 9.37. The Morgan fingerprint density at radius 2 is 1.90 bits per heavy atom. The van der Waals surface area contributed by atoms with E-state index in [1.165, 1.54) is 0 Å². The molecule has 0 saturated carbocycles. The summed E-state index contributed by atoms with van der Waals surface area (Å²) in [7, 11) is 3.49. The number of aryl methyl sites for hydroxylation is 1. The Labute approximate surface area is 170 Å². The number of aromatic amines is 1. The van der Waals surface area contributed by atoms with Gasteiger partial charge in [-0.25, -0.2) is 4.98 Å². The molecule has 1 amide bonds. The van der Waals surface area contributed by atoms with E-state index in [2.05, 4.69) is 9.97 Å². The molecule has 2 aromatic carbocycles. The second-order valence-electron chi connectivity index (χ2n) is 7.25. The van der Waals surface area contributed by atoms with Gasteiger partial charge >= 0.3 is 0 Å². The summed E-state index contributed by atoms with van der Waals surface area (Å²) >= 11 is 0. The van der Waals surface area contributed by atoms with Crippen LogP contribution in [-0.4, -0.2) is 41.0 Å². The lowest BCUT2D eigenvalue weighted by Crippen LogP contribution is -2.36. The van der Waals surface area contributed by atoms with Crippen molar-refractivity contribution in [2.75, 3.05) is 14.2 Å². The highest BCUT2D eigenvalue weighted by atomic mass is 16.5. The fourth-order valence-corrected chi connectivity index (χ4v) is 3.41. The lowest BCUT2D eigenvalue weighted by Gasteiger charge is -2.25. The summed E-state index contributed by atoms with van der Waals surface area (Å²) in [5, 5.41) is 0.581. The minimum Gasteiger partial charge on any atom is -0.496 e. The number of likely N-dealkylation sites (N-methyl/N-ethyl adjacent to an activating group) is 1. The number of fused-ring (bicyclic) bond motifs is 1. The Morgan fingerprint density at radius 3 is 2.69 bits per heavy atom. The molecule has 6 heteroatoms. The van der Waals surface area contributed by atoms with Crippen molar-refractivity contribution in [3.63, 3.8) is 0 Å². The number of amides is 1. The number of hydrogen-bond acceptors (Lipinski definition) is 4. The Bertz CT molecular complexity index is 1040. The topological polar surface area (TPSA) is 75.3 Å². The highest BCUT2D eigenvalue weighted by molar-refractivity contribution is 5.77. The van der Waals surface area contributed by atoms with Gasteiger partial charge in [-0.3, -0.25) is 9.59 Å². The van der Waals surface area contributed by atoms with E-state index in [0.29, 0.717) is 36.0 Å². The number of carbonyl (C=O) groups is 1. The van der Waals surface area contributed by atoms with Crippen LogP contribution in [-0.2, 0) is 17.6 Å². The summed E-state index contributed by atoms with van der Waals surface area (Å²) in [6, 6.07) is 15.2. The molecule has 29 heavy (non-hydrogen) atoms. The largest absolute Gasteiger partial charge is 0.496 e. The van der Waals surface area contributed by atoms with Gasteiger partial charge < -0.3 is 14.6 Å². The van der Waals surface area contributed by atoms with Crippen molar-refractivity contribution >= 4 is 16.8 Å². The van der Waals surface area contributed by atoms with Crippen LogP contribution >= 0.6 is 0 Å². The summed E-state index contributed by atoms with van der Waals surface area (Å²) in [4.78, 5) is 33.8. The summed E-state index contributed by atoms with van der Waals surface area (Å²) in [5.74, 6) is 1.54. The molecule has 1 aromatic heterocycles. The van der Waals surface area contributed by atoms with E-state index in [-0.39, 0.29) is 17.5 Å². The third kappa shape index (κ3) is 5.02. The Balaban J connectivity index is 1.55. The van der Waals surface area contributed by atoms with Crippen molar-refractivity contribution in [3.05, 3.63) is 70.3 Å². The molecule has 0 saturated heterocycles. The molecule has 1 atom stereocenters. The van der Waals surface area contributed by atoms with E-state index >= 15 is 0 Å². The number of benzene rings is 2. The van der Waals surface area contributed by atoms with Crippen LogP contribution in [0.4, 0.5) is 0 Å². The van der Waals surface area contributed by atoms with Crippen LogP contribution in [0.1, 0.15) is 31.2 Å². The van der Waals surface area contributed by atoms with E-state index in [0.717, 1.165) is 17.7 Å². The Hall–Kier alpha value is -3.15.